The van der Waals surface area contributed by atoms with Crippen molar-refractivity contribution in [1.82, 2.24) is 19.9 Å². The van der Waals surface area contributed by atoms with Gasteiger partial charge in [-0.2, -0.15) is 0 Å². The van der Waals surface area contributed by atoms with Crippen molar-refractivity contribution in [2.24, 2.45) is 10.7 Å². The van der Waals surface area contributed by atoms with E-state index in [1.54, 1.807) is 30.8 Å². The number of thiazole rings is 1. The normalized spacial score (nSPS) is 15.8. The SMILES string of the molecule is COCc1nc(CN=C(N)N2CCN(c3ncccn3)CC2)cs1. The fraction of sp³-hybridized carbons (Fsp3) is 0.467. The molecule has 8 nitrogen and oxygen atoms in total. The lowest BCUT2D eigenvalue weighted by molar-refractivity contribution is 0.184. The highest BCUT2D eigenvalue weighted by molar-refractivity contribution is 7.09. The highest BCUT2D eigenvalue weighted by atomic mass is 32.1. The molecule has 2 aromatic rings. The minimum atomic E-state index is 0.494. The number of rotatable bonds is 5. The molecule has 0 aliphatic carbocycles. The van der Waals surface area contributed by atoms with Crippen LogP contribution in [0.3, 0.4) is 0 Å². The zero-order chi connectivity index (χ0) is 16.8. The molecule has 1 fully saturated rings. The second-order valence-electron chi connectivity index (χ2n) is 5.36. The van der Waals surface area contributed by atoms with Crippen LogP contribution in [-0.2, 0) is 17.9 Å². The summed E-state index contributed by atoms with van der Waals surface area (Å²) in [4.78, 5) is 21.7. The van der Waals surface area contributed by atoms with Crippen molar-refractivity contribution in [3.8, 4) is 0 Å². The molecule has 0 unspecified atom stereocenters. The fourth-order valence-corrected chi connectivity index (χ4v) is 3.22. The number of anilines is 1. The molecule has 0 saturated carbocycles. The predicted octanol–water partition coefficient (Wildman–Crippen LogP) is 0.716. The molecule has 0 amide bonds. The first-order chi connectivity index (χ1) is 11.8. The molecule has 24 heavy (non-hydrogen) atoms. The number of nitrogens with two attached hydrogens (primary N) is 1. The van der Waals surface area contributed by atoms with Gasteiger partial charge in [0.25, 0.3) is 0 Å². The van der Waals surface area contributed by atoms with Crippen molar-refractivity contribution in [3.05, 3.63) is 34.5 Å². The molecule has 0 aromatic carbocycles. The van der Waals surface area contributed by atoms with Gasteiger partial charge in [-0.25, -0.2) is 19.9 Å². The third-order valence-corrected chi connectivity index (χ3v) is 4.58. The van der Waals surface area contributed by atoms with Crippen molar-refractivity contribution in [3.63, 3.8) is 0 Å². The van der Waals surface area contributed by atoms with Gasteiger partial charge >= 0.3 is 0 Å². The maximum Gasteiger partial charge on any atom is 0.225 e. The van der Waals surface area contributed by atoms with E-state index in [1.807, 2.05) is 11.4 Å². The standard InChI is InChI=1S/C15H21N7OS/c1-23-10-13-20-12(11-24-13)9-19-14(16)21-5-7-22(8-6-21)15-17-3-2-4-18-15/h2-4,11H,5-10H2,1H3,(H2,16,19). The zero-order valence-electron chi connectivity index (χ0n) is 13.6. The summed E-state index contributed by atoms with van der Waals surface area (Å²) in [6.07, 6.45) is 3.52. The predicted molar refractivity (Wildman–Crippen MR) is 94.0 cm³/mol. The van der Waals surface area contributed by atoms with E-state index in [4.69, 9.17) is 10.5 Å². The van der Waals surface area contributed by atoms with Gasteiger partial charge in [-0.1, -0.05) is 0 Å². The van der Waals surface area contributed by atoms with Gasteiger partial charge in [0.1, 0.15) is 5.01 Å². The first kappa shape index (κ1) is 16.6. The molecular formula is C15H21N7OS. The second kappa shape index (κ2) is 8.02. The topological polar surface area (TPSA) is 92.8 Å². The van der Waals surface area contributed by atoms with E-state index < -0.39 is 0 Å². The number of aliphatic imine (C=N–C) groups is 1. The summed E-state index contributed by atoms with van der Waals surface area (Å²) in [6, 6.07) is 1.82. The third kappa shape index (κ3) is 4.18. The number of nitrogens with zero attached hydrogens (tertiary/aromatic N) is 6. The highest BCUT2D eigenvalue weighted by Crippen LogP contribution is 2.12. The minimum Gasteiger partial charge on any atom is -0.378 e. The lowest BCUT2D eigenvalue weighted by Gasteiger charge is -2.35. The van der Waals surface area contributed by atoms with E-state index in [2.05, 4.69) is 29.7 Å². The number of ether oxygens (including phenoxy) is 1. The molecule has 1 aliphatic rings. The molecule has 0 spiro atoms. The molecule has 128 valence electrons. The molecule has 2 aromatic heterocycles. The van der Waals surface area contributed by atoms with Gasteiger partial charge in [0.15, 0.2) is 5.96 Å². The maximum absolute atomic E-state index is 6.12. The van der Waals surface area contributed by atoms with E-state index in [0.29, 0.717) is 19.1 Å². The Kier molecular flexibility index (Phi) is 5.55. The van der Waals surface area contributed by atoms with Crippen LogP contribution in [0.25, 0.3) is 0 Å². The smallest absolute Gasteiger partial charge is 0.225 e. The fourth-order valence-electron chi connectivity index (χ4n) is 2.46. The van der Waals surface area contributed by atoms with Crippen LogP contribution in [0.5, 0.6) is 0 Å². The van der Waals surface area contributed by atoms with Crippen LogP contribution in [0.1, 0.15) is 10.7 Å². The number of aromatic nitrogens is 3. The molecule has 1 saturated heterocycles. The molecule has 0 bridgehead atoms. The summed E-state index contributed by atoms with van der Waals surface area (Å²) >= 11 is 1.58. The number of methoxy groups -OCH3 is 1. The van der Waals surface area contributed by atoms with Gasteiger partial charge in [-0.3, -0.25) is 0 Å². The van der Waals surface area contributed by atoms with Crippen molar-refractivity contribution in [2.75, 3.05) is 38.2 Å². The Bertz CT molecular complexity index is 667. The number of hydrogen-bond acceptors (Lipinski definition) is 7. The van der Waals surface area contributed by atoms with E-state index in [9.17, 15) is 0 Å². The molecule has 3 rings (SSSR count). The van der Waals surface area contributed by atoms with Crippen molar-refractivity contribution in [1.29, 1.82) is 0 Å². The van der Waals surface area contributed by atoms with Crippen LogP contribution in [0.4, 0.5) is 5.95 Å². The average molecular weight is 347 g/mol. The van der Waals surface area contributed by atoms with Crippen molar-refractivity contribution >= 4 is 23.2 Å². The Morgan fingerprint density at radius 3 is 2.75 bits per heavy atom. The lowest BCUT2D eigenvalue weighted by atomic mass is 10.3. The first-order valence-corrected chi connectivity index (χ1v) is 8.63. The van der Waals surface area contributed by atoms with E-state index in [1.165, 1.54) is 0 Å². The Hall–Kier alpha value is -2.26. The van der Waals surface area contributed by atoms with E-state index >= 15 is 0 Å². The summed E-state index contributed by atoms with van der Waals surface area (Å²) in [5.74, 6) is 1.32. The van der Waals surface area contributed by atoms with Crippen LogP contribution in [0.2, 0.25) is 0 Å². The van der Waals surface area contributed by atoms with Crippen LogP contribution < -0.4 is 10.6 Å². The number of piperazine rings is 1. The molecule has 9 heteroatoms. The average Bonchev–Trinajstić information content (AvgIpc) is 3.08. The lowest BCUT2D eigenvalue weighted by Crippen LogP contribution is -2.51. The van der Waals surface area contributed by atoms with Gasteiger partial charge < -0.3 is 20.3 Å². The Labute approximate surface area is 145 Å². The quantitative estimate of drug-likeness (QED) is 0.629. The maximum atomic E-state index is 6.12. The van der Waals surface area contributed by atoms with Gasteiger partial charge in [-0.05, 0) is 6.07 Å². The van der Waals surface area contributed by atoms with Crippen molar-refractivity contribution in [2.45, 2.75) is 13.2 Å². The zero-order valence-corrected chi connectivity index (χ0v) is 14.4. The van der Waals surface area contributed by atoms with Crippen molar-refractivity contribution < 1.29 is 4.74 Å². The molecule has 0 radical (unpaired) electrons. The van der Waals surface area contributed by atoms with Gasteiger partial charge in [0.05, 0.1) is 18.8 Å². The monoisotopic (exact) mass is 347 g/mol. The summed E-state index contributed by atoms with van der Waals surface area (Å²) in [7, 11) is 1.66. The van der Waals surface area contributed by atoms with Gasteiger partial charge in [-0.15, -0.1) is 11.3 Å². The highest BCUT2D eigenvalue weighted by Gasteiger charge is 2.19. The Morgan fingerprint density at radius 1 is 1.29 bits per heavy atom. The first-order valence-electron chi connectivity index (χ1n) is 7.75. The molecule has 2 N–H and O–H groups in total. The minimum absolute atomic E-state index is 0.494. The number of hydrogen-bond donors (Lipinski definition) is 1. The molecule has 1 aliphatic heterocycles. The van der Waals surface area contributed by atoms with Crippen LogP contribution in [0, 0.1) is 0 Å². The van der Waals surface area contributed by atoms with E-state index in [0.717, 1.165) is 42.8 Å². The molecule has 0 atom stereocenters. The van der Waals surface area contributed by atoms with Crippen LogP contribution >= 0.6 is 11.3 Å². The molecule has 3 heterocycles. The second-order valence-corrected chi connectivity index (χ2v) is 6.31. The van der Waals surface area contributed by atoms with Crippen LogP contribution in [-0.4, -0.2) is 59.1 Å². The van der Waals surface area contributed by atoms with Crippen LogP contribution in [0.15, 0.2) is 28.8 Å². The van der Waals surface area contributed by atoms with Gasteiger partial charge in [0.2, 0.25) is 5.95 Å². The summed E-state index contributed by atoms with van der Waals surface area (Å²) in [6.45, 7) is 4.30. The van der Waals surface area contributed by atoms with Gasteiger partial charge in [0, 0.05) is 51.1 Å². The number of guanidine groups is 1. The summed E-state index contributed by atoms with van der Waals surface area (Å²) < 4.78 is 5.07. The summed E-state index contributed by atoms with van der Waals surface area (Å²) in [5.41, 5.74) is 7.05. The Balaban J connectivity index is 1.51. The third-order valence-electron chi connectivity index (χ3n) is 3.71. The molecular weight excluding hydrogens is 326 g/mol. The van der Waals surface area contributed by atoms with E-state index in [-0.39, 0.29) is 0 Å². The Morgan fingerprint density at radius 2 is 2.04 bits per heavy atom. The summed E-state index contributed by atoms with van der Waals surface area (Å²) in [5, 5.41) is 2.95. The largest absolute Gasteiger partial charge is 0.378 e.